The van der Waals surface area contributed by atoms with Gasteiger partial charge in [0.05, 0.1) is 5.92 Å². The van der Waals surface area contributed by atoms with Crippen LogP contribution in [0.2, 0.25) is 0 Å². The summed E-state index contributed by atoms with van der Waals surface area (Å²) in [5.74, 6) is -0.677. The monoisotopic (exact) mass is 301 g/mol. The molecule has 114 valence electrons. The van der Waals surface area contributed by atoms with E-state index in [0.29, 0.717) is 11.6 Å². The molecule has 1 N–H and O–H groups in total. The first kappa shape index (κ1) is 14.2. The van der Waals surface area contributed by atoms with Gasteiger partial charge in [-0.25, -0.2) is 0 Å². The van der Waals surface area contributed by atoms with Crippen molar-refractivity contribution in [1.29, 1.82) is 0 Å². The van der Waals surface area contributed by atoms with Gasteiger partial charge in [0.25, 0.3) is 5.89 Å². The molecule has 7 nitrogen and oxygen atoms in total. The Hall–Kier alpha value is -2.70. The van der Waals surface area contributed by atoms with E-state index < -0.39 is 18.0 Å². The molecule has 1 aromatic carbocycles. The van der Waals surface area contributed by atoms with E-state index in [9.17, 15) is 9.59 Å². The van der Waals surface area contributed by atoms with Gasteiger partial charge in [-0.15, -0.1) is 10.2 Å². The molecular formula is C15H15N3O4. The van der Waals surface area contributed by atoms with Crippen molar-refractivity contribution >= 4 is 17.6 Å². The van der Waals surface area contributed by atoms with Crippen molar-refractivity contribution in [2.45, 2.75) is 32.3 Å². The molecule has 1 aliphatic heterocycles. The Morgan fingerprint density at radius 2 is 2.18 bits per heavy atom. The van der Waals surface area contributed by atoms with E-state index in [2.05, 4.69) is 15.5 Å². The van der Waals surface area contributed by atoms with Crippen LogP contribution >= 0.6 is 0 Å². The quantitative estimate of drug-likeness (QED) is 0.872. The lowest BCUT2D eigenvalue weighted by Crippen LogP contribution is -2.29. The molecule has 0 saturated heterocycles. The van der Waals surface area contributed by atoms with Crippen LogP contribution in [0.4, 0.5) is 5.69 Å². The maximum atomic E-state index is 12.4. The highest BCUT2D eigenvalue weighted by Crippen LogP contribution is 2.34. The molecule has 0 fully saturated rings. The minimum Gasteiger partial charge on any atom is -0.452 e. The average Bonchev–Trinajstić information content (AvgIpc) is 2.93. The minimum absolute atomic E-state index is 0.0609. The Kier molecular flexibility index (Phi) is 3.62. The summed E-state index contributed by atoms with van der Waals surface area (Å²) < 4.78 is 10.6. The Bertz CT molecular complexity index is 725. The molecule has 2 atom stereocenters. The first-order valence-electron chi connectivity index (χ1n) is 6.94. The van der Waals surface area contributed by atoms with Gasteiger partial charge in [-0.1, -0.05) is 18.2 Å². The number of rotatable bonds is 3. The van der Waals surface area contributed by atoms with Gasteiger partial charge < -0.3 is 14.5 Å². The van der Waals surface area contributed by atoms with Crippen LogP contribution in [-0.4, -0.2) is 22.1 Å². The molecule has 0 bridgehead atoms. The summed E-state index contributed by atoms with van der Waals surface area (Å²) >= 11 is 0. The number of para-hydroxylation sites is 1. The van der Waals surface area contributed by atoms with Crippen LogP contribution in [0.3, 0.4) is 0 Å². The Balaban J connectivity index is 1.79. The average molecular weight is 301 g/mol. The standard InChI is InChI=1S/C15H15N3O4/c1-8(14-18-17-9(2)22-14)21-15(20)11-7-13(19)16-12-6-4-3-5-10(11)12/h3-6,8,11H,7H2,1-2H3,(H,16,19)/t8-,11-/m1/s1. The summed E-state index contributed by atoms with van der Waals surface area (Å²) in [5, 5.41) is 10.3. The van der Waals surface area contributed by atoms with E-state index in [1.54, 1.807) is 26.0 Å². The van der Waals surface area contributed by atoms with Crippen molar-refractivity contribution < 1.29 is 18.7 Å². The molecule has 2 heterocycles. The number of aromatic nitrogens is 2. The van der Waals surface area contributed by atoms with Crippen LogP contribution in [0, 0.1) is 6.92 Å². The van der Waals surface area contributed by atoms with Crippen LogP contribution < -0.4 is 5.32 Å². The largest absolute Gasteiger partial charge is 0.452 e. The highest BCUT2D eigenvalue weighted by Gasteiger charge is 2.33. The summed E-state index contributed by atoms with van der Waals surface area (Å²) in [6.07, 6.45) is -0.600. The second-order valence-corrected chi connectivity index (χ2v) is 5.13. The molecule has 1 amide bonds. The van der Waals surface area contributed by atoms with Gasteiger partial charge in [0.1, 0.15) is 0 Å². The summed E-state index contributed by atoms with van der Waals surface area (Å²) in [6.45, 7) is 3.31. The second kappa shape index (κ2) is 5.59. The first-order valence-corrected chi connectivity index (χ1v) is 6.94. The van der Waals surface area contributed by atoms with Crippen LogP contribution in [-0.2, 0) is 14.3 Å². The molecule has 7 heteroatoms. The van der Waals surface area contributed by atoms with E-state index in [1.807, 2.05) is 12.1 Å². The van der Waals surface area contributed by atoms with Crippen LogP contribution in [0.5, 0.6) is 0 Å². The normalized spacial score (nSPS) is 18.3. The second-order valence-electron chi connectivity index (χ2n) is 5.13. The molecule has 1 aliphatic rings. The number of carbonyl (C=O) groups is 2. The number of aryl methyl sites for hydroxylation is 1. The van der Waals surface area contributed by atoms with Crippen LogP contribution in [0.1, 0.15) is 42.7 Å². The van der Waals surface area contributed by atoms with Gasteiger partial charge >= 0.3 is 5.97 Å². The van der Waals surface area contributed by atoms with Crippen molar-refractivity contribution in [1.82, 2.24) is 10.2 Å². The third-order valence-electron chi connectivity index (χ3n) is 3.47. The number of anilines is 1. The van der Waals surface area contributed by atoms with E-state index in [4.69, 9.17) is 9.15 Å². The summed E-state index contributed by atoms with van der Waals surface area (Å²) in [5.41, 5.74) is 1.39. The third-order valence-corrected chi connectivity index (χ3v) is 3.47. The van der Waals surface area contributed by atoms with E-state index in [-0.39, 0.29) is 18.2 Å². The van der Waals surface area contributed by atoms with Gasteiger partial charge in [0.2, 0.25) is 11.8 Å². The maximum absolute atomic E-state index is 12.4. The van der Waals surface area contributed by atoms with Crippen molar-refractivity contribution in [3.8, 4) is 0 Å². The molecule has 2 aromatic rings. The van der Waals surface area contributed by atoms with Gasteiger partial charge in [-0.05, 0) is 18.6 Å². The number of nitrogens with zero attached hydrogens (tertiary/aromatic N) is 2. The number of hydrogen-bond acceptors (Lipinski definition) is 6. The molecule has 0 unspecified atom stereocenters. The minimum atomic E-state index is -0.661. The zero-order chi connectivity index (χ0) is 15.7. The predicted molar refractivity (Wildman–Crippen MR) is 76.0 cm³/mol. The van der Waals surface area contributed by atoms with Crippen molar-refractivity contribution in [3.05, 3.63) is 41.6 Å². The lowest BCUT2D eigenvalue weighted by atomic mass is 9.90. The number of amides is 1. The zero-order valence-corrected chi connectivity index (χ0v) is 12.2. The number of carbonyl (C=O) groups excluding carboxylic acids is 2. The smallest absolute Gasteiger partial charge is 0.314 e. The van der Waals surface area contributed by atoms with E-state index in [1.165, 1.54) is 0 Å². The Morgan fingerprint density at radius 3 is 2.91 bits per heavy atom. The molecule has 0 saturated carbocycles. The predicted octanol–water partition coefficient (Wildman–Crippen LogP) is 2.11. The lowest BCUT2D eigenvalue weighted by Gasteiger charge is -2.24. The molecule has 0 radical (unpaired) electrons. The fourth-order valence-electron chi connectivity index (χ4n) is 2.40. The number of hydrogen-bond donors (Lipinski definition) is 1. The third kappa shape index (κ3) is 2.69. The lowest BCUT2D eigenvalue weighted by molar-refractivity contribution is -0.152. The van der Waals surface area contributed by atoms with Crippen molar-refractivity contribution in [2.75, 3.05) is 5.32 Å². The highest BCUT2D eigenvalue weighted by molar-refractivity contribution is 5.99. The molecule has 0 aliphatic carbocycles. The maximum Gasteiger partial charge on any atom is 0.314 e. The summed E-state index contributed by atoms with van der Waals surface area (Å²) in [4.78, 5) is 24.1. The van der Waals surface area contributed by atoms with E-state index >= 15 is 0 Å². The van der Waals surface area contributed by atoms with Gasteiger partial charge in [0, 0.05) is 19.0 Å². The van der Waals surface area contributed by atoms with Crippen molar-refractivity contribution in [2.24, 2.45) is 0 Å². The number of ether oxygens (including phenoxy) is 1. The van der Waals surface area contributed by atoms with Gasteiger partial charge in [0.15, 0.2) is 6.10 Å². The van der Waals surface area contributed by atoms with Crippen molar-refractivity contribution in [3.63, 3.8) is 0 Å². The fraction of sp³-hybridized carbons (Fsp3) is 0.333. The number of fused-ring (bicyclic) bond motifs is 1. The first-order chi connectivity index (χ1) is 10.5. The van der Waals surface area contributed by atoms with Crippen LogP contribution in [0.25, 0.3) is 0 Å². The zero-order valence-electron chi connectivity index (χ0n) is 12.2. The van der Waals surface area contributed by atoms with Gasteiger partial charge in [-0.3, -0.25) is 9.59 Å². The molecule has 3 rings (SSSR count). The SMILES string of the molecule is Cc1nnc([C@@H](C)OC(=O)[C@@H]2CC(=O)Nc3ccccc32)o1. The Labute approximate surface area is 126 Å². The summed E-state index contributed by atoms with van der Waals surface area (Å²) in [7, 11) is 0. The highest BCUT2D eigenvalue weighted by atomic mass is 16.6. The van der Waals surface area contributed by atoms with Gasteiger partial charge in [-0.2, -0.15) is 0 Å². The number of nitrogens with one attached hydrogen (secondary N) is 1. The number of esters is 1. The molecule has 1 aromatic heterocycles. The summed E-state index contributed by atoms with van der Waals surface area (Å²) in [6, 6.07) is 7.19. The molecular weight excluding hydrogens is 286 g/mol. The topological polar surface area (TPSA) is 94.3 Å². The Morgan fingerprint density at radius 1 is 1.41 bits per heavy atom. The number of benzene rings is 1. The van der Waals surface area contributed by atoms with Crippen LogP contribution in [0.15, 0.2) is 28.7 Å². The molecule has 0 spiro atoms. The molecule has 22 heavy (non-hydrogen) atoms. The fourth-order valence-corrected chi connectivity index (χ4v) is 2.40. The van der Waals surface area contributed by atoms with E-state index in [0.717, 1.165) is 5.56 Å².